The molecule has 1 amide bonds. The second-order valence-electron chi connectivity index (χ2n) is 9.37. The Balaban J connectivity index is 1.67. The van der Waals surface area contributed by atoms with Gasteiger partial charge in [-0.3, -0.25) is 4.79 Å². The van der Waals surface area contributed by atoms with Gasteiger partial charge in [-0.25, -0.2) is 4.98 Å². The zero-order valence-corrected chi connectivity index (χ0v) is 21.6. The molecule has 0 unspecified atom stereocenters. The SMILES string of the molecule is CC1(C)Cc2c(sc(NC(=O)c3ccc(Br)cc3)c2-c2nc3ccccc3s2)C(C)(C)N1. The number of carbonyl (C=O) groups excluding carboxylic acids is 1. The van der Waals surface area contributed by atoms with Gasteiger partial charge >= 0.3 is 0 Å². The van der Waals surface area contributed by atoms with E-state index in [4.69, 9.17) is 4.98 Å². The molecule has 4 aromatic rings. The Morgan fingerprint density at radius 3 is 2.50 bits per heavy atom. The average molecular weight is 527 g/mol. The van der Waals surface area contributed by atoms with Crippen molar-refractivity contribution in [2.24, 2.45) is 0 Å². The van der Waals surface area contributed by atoms with E-state index in [1.54, 1.807) is 22.7 Å². The smallest absolute Gasteiger partial charge is 0.256 e. The predicted octanol–water partition coefficient (Wildman–Crippen LogP) is 7.20. The van der Waals surface area contributed by atoms with Crippen LogP contribution in [0.15, 0.2) is 53.0 Å². The van der Waals surface area contributed by atoms with Crippen molar-refractivity contribution in [3.8, 4) is 10.6 Å². The van der Waals surface area contributed by atoms with Crippen LogP contribution in [-0.4, -0.2) is 16.4 Å². The number of benzene rings is 2. The lowest BCUT2D eigenvalue weighted by atomic mass is 9.81. The van der Waals surface area contributed by atoms with Gasteiger partial charge in [-0.2, -0.15) is 0 Å². The molecule has 7 heteroatoms. The summed E-state index contributed by atoms with van der Waals surface area (Å²) in [5.74, 6) is -0.108. The second kappa shape index (κ2) is 7.76. The van der Waals surface area contributed by atoms with Crippen LogP contribution >= 0.6 is 38.6 Å². The molecule has 164 valence electrons. The summed E-state index contributed by atoms with van der Waals surface area (Å²) in [4.78, 5) is 19.3. The number of carbonyl (C=O) groups is 1. The minimum absolute atomic E-state index is 0.0595. The number of hydrogen-bond donors (Lipinski definition) is 2. The highest BCUT2D eigenvalue weighted by molar-refractivity contribution is 9.10. The van der Waals surface area contributed by atoms with Crippen molar-refractivity contribution in [1.29, 1.82) is 0 Å². The van der Waals surface area contributed by atoms with Crippen molar-refractivity contribution in [3.63, 3.8) is 0 Å². The standard InChI is InChI=1S/C25H24BrN3OS2/c1-24(2)13-16-19(22-27-17-7-5-6-8-18(17)31-22)23(32-20(16)25(3,4)29-24)28-21(30)14-9-11-15(26)12-10-14/h5-12,29H,13H2,1-4H3,(H,28,30). The van der Waals surface area contributed by atoms with Crippen LogP contribution in [0.25, 0.3) is 20.8 Å². The highest BCUT2D eigenvalue weighted by Crippen LogP contribution is 2.50. The number of fused-ring (bicyclic) bond motifs is 2. The zero-order valence-electron chi connectivity index (χ0n) is 18.4. The molecule has 4 nitrogen and oxygen atoms in total. The van der Waals surface area contributed by atoms with Gasteiger partial charge in [0.05, 0.1) is 10.2 Å². The van der Waals surface area contributed by atoms with Crippen LogP contribution in [0, 0.1) is 0 Å². The molecule has 2 N–H and O–H groups in total. The number of para-hydroxylation sites is 1. The van der Waals surface area contributed by atoms with Gasteiger partial charge in [-0.05, 0) is 76.1 Å². The normalized spacial score (nSPS) is 16.7. The zero-order chi connectivity index (χ0) is 22.7. The van der Waals surface area contributed by atoms with Crippen LogP contribution in [0.4, 0.5) is 5.00 Å². The fourth-order valence-corrected chi connectivity index (χ4v) is 7.24. The third-order valence-corrected chi connectivity index (χ3v) is 8.74. The quantitative estimate of drug-likeness (QED) is 0.297. The number of thiazole rings is 1. The molecule has 2 aromatic heterocycles. The Hall–Kier alpha value is -2.06. The summed E-state index contributed by atoms with van der Waals surface area (Å²) < 4.78 is 2.10. The third kappa shape index (κ3) is 3.92. The molecule has 0 aliphatic carbocycles. The van der Waals surface area contributed by atoms with Crippen molar-refractivity contribution < 1.29 is 4.79 Å². The van der Waals surface area contributed by atoms with E-state index < -0.39 is 0 Å². The minimum Gasteiger partial charge on any atom is -0.313 e. The average Bonchev–Trinajstić information content (AvgIpc) is 3.28. The van der Waals surface area contributed by atoms with Crippen molar-refractivity contribution in [1.82, 2.24) is 10.3 Å². The van der Waals surface area contributed by atoms with Crippen molar-refractivity contribution in [2.75, 3.05) is 5.32 Å². The highest BCUT2D eigenvalue weighted by atomic mass is 79.9. The minimum atomic E-state index is -0.201. The molecule has 0 atom stereocenters. The number of amides is 1. The third-order valence-electron chi connectivity index (χ3n) is 5.69. The maximum absolute atomic E-state index is 13.1. The lowest BCUT2D eigenvalue weighted by Crippen LogP contribution is -2.54. The molecule has 5 rings (SSSR count). The maximum atomic E-state index is 13.1. The number of thiophene rings is 1. The molecule has 3 heterocycles. The summed E-state index contributed by atoms with van der Waals surface area (Å²) in [6.45, 7) is 8.90. The Labute approximate surface area is 204 Å². The van der Waals surface area contributed by atoms with Crippen LogP contribution in [0.1, 0.15) is 48.5 Å². The number of anilines is 1. The molecule has 0 saturated carbocycles. The molecule has 0 saturated heterocycles. The maximum Gasteiger partial charge on any atom is 0.256 e. The van der Waals surface area contributed by atoms with Crippen molar-refractivity contribution in [2.45, 2.75) is 45.2 Å². The molecule has 0 bridgehead atoms. The van der Waals surface area contributed by atoms with E-state index in [1.165, 1.54) is 10.4 Å². The number of hydrogen-bond acceptors (Lipinski definition) is 5. The predicted molar refractivity (Wildman–Crippen MR) is 139 cm³/mol. The van der Waals surface area contributed by atoms with E-state index >= 15 is 0 Å². The molecular formula is C25H24BrN3OS2. The van der Waals surface area contributed by atoms with Crippen LogP contribution in [0.2, 0.25) is 0 Å². The summed E-state index contributed by atoms with van der Waals surface area (Å²) in [6.07, 6.45) is 0.877. The van der Waals surface area contributed by atoms with Gasteiger partial charge in [-0.15, -0.1) is 22.7 Å². The number of nitrogens with one attached hydrogen (secondary N) is 2. The van der Waals surface area contributed by atoms with Gasteiger partial charge in [0.15, 0.2) is 0 Å². The number of rotatable bonds is 3. The number of halogens is 1. The first-order chi connectivity index (χ1) is 15.1. The van der Waals surface area contributed by atoms with Crippen molar-refractivity contribution >= 4 is 59.7 Å². The first kappa shape index (κ1) is 21.8. The molecule has 1 aliphatic rings. The summed E-state index contributed by atoms with van der Waals surface area (Å²) in [5.41, 5.74) is 3.72. The molecule has 32 heavy (non-hydrogen) atoms. The van der Waals surface area contributed by atoms with Gasteiger partial charge < -0.3 is 10.6 Å². The van der Waals surface area contributed by atoms with E-state index in [-0.39, 0.29) is 17.0 Å². The Bertz CT molecular complexity index is 1300. The molecule has 1 aliphatic heterocycles. The lowest BCUT2D eigenvalue weighted by molar-refractivity contribution is 0.102. The van der Waals surface area contributed by atoms with Crippen LogP contribution in [0.5, 0.6) is 0 Å². The van der Waals surface area contributed by atoms with Gasteiger partial charge in [-0.1, -0.05) is 28.1 Å². The van der Waals surface area contributed by atoms with E-state index in [2.05, 4.69) is 60.3 Å². The Morgan fingerprint density at radius 1 is 1.06 bits per heavy atom. The lowest BCUT2D eigenvalue weighted by Gasteiger charge is -2.42. The van der Waals surface area contributed by atoms with Gasteiger partial charge in [0.2, 0.25) is 0 Å². The van der Waals surface area contributed by atoms with Gasteiger partial charge in [0, 0.05) is 31.6 Å². The van der Waals surface area contributed by atoms with E-state index in [9.17, 15) is 4.79 Å². The molecule has 0 fully saturated rings. The summed E-state index contributed by atoms with van der Waals surface area (Å²) >= 11 is 6.79. The second-order valence-corrected chi connectivity index (χ2v) is 12.3. The fraction of sp³-hybridized carbons (Fsp3) is 0.280. The molecule has 2 aromatic carbocycles. The van der Waals surface area contributed by atoms with E-state index in [1.807, 2.05) is 42.5 Å². The van der Waals surface area contributed by atoms with Crippen molar-refractivity contribution in [3.05, 3.63) is 69.0 Å². The summed E-state index contributed by atoms with van der Waals surface area (Å²) in [6, 6.07) is 15.6. The van der Waals surface area contributed by atoms with Crippen LogP contribution < -0.4 is 10.6 Å². The largest absolute Gasteiger partial charge is 0.313 e. The van der Waals surface area contributed by atoms with Gasteiger partial charge in [0.1, 0.15) is 10.0 Å². The fourth-order valence-electron chi connectivity index (χ4n) is 4.60. The van der Waals surface area contributed by atoms with Crippen LogP contribution in [-0.2, 0) is 12.0 Å². The van der Waals surface area contributed by atoms with Crippen LogP contribution in [0.3, 0.4) is 0 Å². The van der Waals surface area contributed by atoms with E-state index in [0.29, 0.717) is 5.56 Å². The Kier molecular flexibility index (Phi) is 5.28. The molecule has 0 radical (unpaired) electrons. The topological polar surface area (TPSA) is 54.0 Å². The van der Waals surface area contributed by atoms with E-state index in [0.717, 1.165) is 36.7 Å². The summed E-state index contributed by atoms with van der Waals surface area (Å²) in [7, 11) is 0. The first-order valence-electron chi connectivity index (χ1n) is 10.5. The number of aromatic nitrogens is 1. The highest BCUT2D eigenvalue weighted by Gasteiger charge is 2.41. The Morgan fingerprint density at radius 2 is 1.78 bits per heavy atom. The summed E-state index contributed by atoms with van der Waals surface area (Å²) in [5, 5.41) is 8.82. The molecule has 0 spiro atoms. The molecular weight excluding hydrogens is 502 g/mol. The number of nitrogens with zero attached hydrogens (tertiary/aromatic N) is 1. The van der Waals surface area contributed by atoms with Gasteiger partial charge in [0.25, 0.3) is 5.91 Å². The monoisotopic (exact) mass is 525 g/mol. The first-order valence-corrected chi connectivity index (χ1v) is 12.9.